The molecule has 1 aliphatic heterocycles. The molecular formula is C14H17BrClNO2. The molecule has 2 rings (SSSR count). The summed E-state index contributed by atoms with van der Waals surface area (Å²) in [6.45, 7) is 3.11. The van der Waals surface area contributed by atoms with Crippen molar-refractivity contribution in [1.82, 2.24) is 4.90 Å². The van der Waals surface area contributed by atoms with Crippen LogP contribution in [-0.2, 0) is 0 Å². The molecule has 0 aliphatic carbocycles. The lowest BCUT2D eigenvalue weighted by atomic mass is 9.93. The predicted molar refractivity (Wildman–Crippen MR) is 79.5 cm³/mol. The molecule has 1 saturated heterocycles. The molecule has 0 spiro atoms. The van der Waals surface area contributed by atoms with Crippen molar-refractivity contribution in [2.24, 2.45) is 5.92 Å². The minimum atomic E-state index is -0.381. The largest absolute Gasteiger partial charge is 0.393 e. The maximum atomic E-state index is 12.5. The molecule has 1 heterocycles. The van der Waals surface area contributed by atoms with Crippen LogP contribution in [0.4, 0.5) is 0 Å². The number of rotatable bonds is 2. The Bertz CT molecular complexity index is 479. The number of nitrogens with zero attached hydrogens (tertiary/aromatic N) is 1. The van der Waals surface area contributed by atoms with E-state index in [0.29, 0.717) is 17.1 Å². The maximum absolute atomic E-state index is 12.5. The first kappa shape index (κ1) is 14.8. The fourth-order valence-electron chi connectivity index (χ4n) is 2.42. The molecule has 3 nitrogen and oxygen atoms in total. The number of piperidine rings is 1. The highest BCUT2D eigenvalue weighted by Gasteiger charge is 2.27. The van der Waals surface area contributed by atoms with E-state index in [1.165, 1.54) is 0 Å². The van der Waals surface area contributed by atoms with Crippen molar-refractivity contribution < 1.29 is 9.90 Å². The van der Waals surface area contributed by atoms with Gasteiger partial charge in [-0.2, -0.15) is 0 Å². The number of carbonyl (C=O) groups is 1. The second kappa shape index (κ2) is 6.25. The summed E-state index contributed by atoms with van der Waals surface area (Å²) in [6.07, 6.45) is 1.51. The minimum absolute atomic E-state index is 0.0587. The summed E-state index contributed by atoms with van der Waals surface area (Å²) in [6, 6.07) is 5.28. The Hall–Kier alpha value is -0.580. The number of benzene rings is 1. The van der Waals surface area contributed by atoms with E-state index in [2.05, 4.69) is 15.9 Å². The van der Waals surface area contributed by atoms with E-state index in [9.17, 15) is 9.90 Å². The molecule has 2 atom stereocenters. The molecule has 1 aliphatic rings. The van der Waals surface area contributed by atoms with E-state index < -0.39 is 0 Å². The maximum Gasteiger partial charge on any atom is 0.255 e. The van der Waals surface area contributed by atoms with Gasteiger partial charge in [-0.05, 0) is 38.0 Å². The van der Waals surface area contributed by atoms with Crippen LogP contribution in [0.2, 0.25) is 5.02 Å². The quantitative estimate of drug-likeness (QED) is 0.892. The van der Waals surface area contributed by atoms with Crippen LogP contribution < -0.4 is 0 Å². The van der Waals surface area contributed by atoms with E-state index >= 15 is 0 Å². The SMILES string of the molecule is CC(O)C1CCCN(C(=O)c2cc(Br)ccc2Cl)C1. The molecule has 0 saturated carbocycles. The predicted octanol–water partition coefficient (Wildman–Crippen LogP) is 3.34. The first-order valence-corrected chi connectivity index (χ1v) is 7.58. The Morgan fingerprint density at radius 1 is 1.58 bits per heavy atom. The summed E-state index contributed by atoms with van der Waals surface area (Å²) >= 11 is 9.45. The highest BCUT2D eigenvalue weighted by molar-refractivity contribution is 9.10. The molecule has 5 heteroatoms. The zero-order valence-corrected chi connectivity index (χ0v) is 13.1. The van der Waals surface area contributed by atoms with Gasteiger partial charge in [0.15, 0.2) is 0 Å². The summed E-state index contributed by atoms with van der Waals surface area (Å²) in [5.41, 5.74) is 0.516. The number of carbonyl (C=O) groups excluding carboxylic acids is 1. The first-order valence-electron chi connectivity index (χ1n) is 6.41. The monoisotopic (exact) mass is 345 g/mol. The smallest absolute Gasteiger partial charge is 0.255 e. The lowest BCUT2D eigenvalue weighted by Crippen LogP contribution is -2.43. The molecule has 104 valence electrons. The molecule has 0 radical (unpaired) electrons. The second-order valence-electron chi connectivity index (χ2n) is 5.02. The lowest BCUT2D eigenvalue weighted by molar-refractivity contribution is 0.0466. The average molecular weight is 347 g/mol. The zero-order chi connectivity index (χ0) is 14.0. The van der Waals surface area contributed by atoms with Crippen LogP contribution in [0.25, 0.3) is 0 Å². The van der Waals surface area contributed by atoms with Crippen molar-refractivity contribution in [1.29, 1.82) is 0 Å². The summed E-state index contributed by atoms with van der Waals surface area (Å²) in [4.78, 5) is 14.3. The molecular weight excluding hydrogens is 330 g/mol. The van der Waals surface area contributed by atoms with E-state index in [0.717, 1.165) is 23.9 Å². The van der Waals surface area contributed by atoms with Gasteiger partial charge in [0.25, 0.3) is 5.91 Å². The number of aliphatic hydroxyl groups is 1. The van der Waals surface area contributed by atoms with Gasteiger partial charge in [-0.3, -0.25) is 4.79 Å². The van der Waals surface area contributed by atoms with Gasteiger partial charge in [0.2, 0.25) is 0 Å². The summed E-state index contributed by atoms with van der Waals surface area (Å²) in [5.74, 6) is 0.0975. The van der Waals surface area contributed by atoms with Gasteiger partial charge in [-0.25, -0.2) is 0 Å². The third-order valence-electron chi connectivity index (χ3n) is 3.59. The van der Waals surface area contributed by atoms with Crippen LogP contribution in [0.15, 0.2) is 22.7 Å². The van der Waals surface area contributed by atoms with Crippen LogP contribution in [-0.4, -0.2) is 35.1 Å². The Labute approximate surface area is 126 Å². The molecule has 1 amide bonds. The fraction of sp³-hybridized carbons (Fsp3) is 0.500. The minimum Gasteiger partial charge on any atom is -0.393 e. The third-order valence-corrected chi connectivity index (χ3v) is 4.41. The molecule has 1 fully saturated rings. The van der Waals surface area contributed by atoms with Crippen LogP contribution in [0.5, 0.6) is 0 Å². The van der Waals surface area contributed by atoms with Gasteiger partial charge in [0.05, 0.1) is 16.7 Å². The standard InChI is InChI=1S/C14H17BrClNO2/c1-9(18)10-3-2-6-17(8-10)14(19)12-7-11(15)4-5-13(12)16/h4-5,7,9-10,18H,2-3,6,8H2,1H3. The van der Waals surface area contributed by atoms with Crippen molar-refractivity contribution in [2.75, 3.05) is 13.1 Å². The first-order chi connectivity index (χ1) is 8.99. The Morgan fingerprint density at radius 3 is 3.00 bits per heavy atom. The van der Waals surface area contributed by atoms with Crippen LogP contribution in [0, 0.1) is 5.92 Å². The number of hydrogen-bond donors (Lipinski definition) is 1. The Morgan fingerprint density at radius 2 is 2.32 bits per heavy atom. The van der Waals surface area contributed by atoms with Crippen LogP contribution >= 0.6 is 27.5 Å². The molecule has 0 aromatic heterocycles. The second-order valence-corrected chi connectivity index (χ2v) is 6.34. The van der Waals surface area contributed by atoms with E-state index in [-0.39, 0.29) is 17.9 Å². The molecule has 1 N–H and O–H groups in total. The summed E-state index contributed by atoms with van der Waals surface area (Å²) < 4.78 is 0.837. The van der Waals surface area contributed by atoms with Gasteiger partial charge < -0.3 is 10.0 Å². The van der Waals surface area contributed by atoms with Gasteiger partial charge in [0, 0.05) is 23.5 Å². The van der Waals surface area contributed by atoms with Crippen molar-refractivity contribution in [2.45, 2.75) is 25.9 Å². The van der Waals surface area contributed by atoms with E-state index in [1.807, 2.05) is 6.07 Å². The van der Waals surface area contributed by atoms with Crippen LogP contribution in [0.1, 0.15) is 30.1 Å². The number of aliphatic hydroxyl groups excluding tert-OH is 1. The van der Waals surface area contributed by atoms with Crippen molar-refractivity contribution in [3.63, 3.8) is 0 Å². The molecule has 1 aromatic rings. The van der Waals surface area contributed by atoms with Gasteiger partial charge >= 0.3 is 0 Å². The van der Waals surface area contributed by atoms with Crippen molar-refractivity contribution in [3.8, 4) is 0 Å². The number of amides is 1. The van der Waals surface area contributed by atoms with Gasteiger partial charge in [-0.1, -0.05) is 27.5 Å². The number of hydrogen-bond acceptors (Lipinski definition) is 2. The zero-order valence-electron chi connectivity index (χ0n) is 10.8. The van der Waals surface area contributed by atoms with E-state index in [4.69, 9.17) is 11.6 Å². The molecule has 1 aromatic carbocycles. The highest BCUT2D eigenvalue weighted by Crippen LogP contribution is 2.26. The van der Waals surface area contributed by atoms with E-state index in [1.54, 1.807) is 24.0 Å². The summed E-state index contributed by atoms with van der Waals surface area (Å²) in [7, 11) is 0. The molecule has 19 heavy (non-hydrogen) atoms. The highest BCUT2D eigenvalue weighted by atomic mass is 79.9. The van der Waals surface area contributed by atoms with Crippen molar-refractivity contribution in [3.05, 3.63) is 33.3 Å². The Balaban J connectivity index is 2.17. The van der Waals surface area contributed by atoms with Gasteiger partial charge in [0.1, 0.15) is 0 Å². The summed E-state index contributed by atoms with van der Waals surface area (Å²) in [5, 5.41) is 10.1. The third kappa shape index (κ3) is 3.50. The average Bonchev–Trinajstić information content (AvgIpc) is 2.41. The number of halogens is 2. The van der Waals surface area contributed by atoms with Crippen molar-refractivity contribution >= 4 is 33.4 Å². The topological polar surface area (TPSA) is 40.5 Å². The number of likely N-dealkylation sites (tertiary alicyclic amines) is 1. The lowest BCUT2D eigenvalue weighted by Gasteiger charge is -2.34. The van der Waals surface area contributed by atoms with Gasteiger partial charge in [-0.15, -0.1) is 0 Å². The molecule has 0 bridgehead atoms. The fourth-order valence-corrected chi connectivity index (χ4v) is 2.98. The van der Waals surface area contributed by atoms with Crippen LogP contribution in [0.3, 0.4) is 0 Å². The molecule has 2 unspecified atom stereocenters. The normalized spacial score (nSPS) is 21.3. The Kier molecular flexibility index (Phi) is 4.87.